The summed E-state index contributed by atoms with van der Waals surface area (Å²) in [5.41, 5.74) is 0.876. The standard InChI is InChI=1S/C12H12N2O4/c1-18-8-2-3-9-10(6-8)14(5-4-12(16)17)11(15)7-13-9/h2-3,6-7H,4-5H2,1H3,(H,16,17). The molecular formula is C12H12N2O4. The topological polar surface area (TPSA) is 81.4 Å². The molecule has 0 amide bonds. The second-order valence-electron chi connectivity index (χ2n) is 3.75. The van der Waals surface area contributed by atoms with Gasteiger partial charge in [0.1, 0.15) is 5.75 Å². The molecule has 2 aromatic rings. The number of ether oxygens (including phenoxy) is 1. The van der Waals surface area contributed by atoms with E-state index in [-0.39, 0.29) is 18.5 Å². The van der Waals surface area contributed by atoms with Crippen molar-refractivity contribution in [2.45, 2.75) is 13.0 Å². The largest absolute Gasteiger partial charge is 0.497 e. The molecule has 0 aliphatic carbocycles. The summed E-state index contributed by atoms with van der Waals surface area (Å²) in [7, 11) is 1.53. The molecule has 0 saturated heterocycles. The summed E-state index contributed by atoms with van der Waals surface area (Å²) in [6.07, 6.45) is 1.08. The highest BCUT2D eigenvalue weighted by atomic mass is 16.5. The minimum absolute atomic E-state index is 0.111. The maximum Gasteiger partial charge on any atom is 0.305 e. The lowest BCUT2D eigenvalue weighted by Gasteiger charge is -2.09. The molecule has 6 heteroatoms. The molecule has 1 aromatic carbocycles. The molecule has 1 N–H and O–H groups in total. The van der Waals surface area contributed by atoms with E-state index in [1.165, 1.54) is 17.9 Å². The number of carbonyl (C=O) groups is 1. The molecule has 0 aliphatic heterocycles. The Kier molecular flexibility index (Phi) is 3.27. The molecule has 0 saturated carbocycles. The predicted octanol–water partition coefficient (Wildman–Crippen LogP) is 0.880. The molecule has 1 aromatic heterocycles. The third-order valence-electron chi connectivity index (χ3n) is 2.60. The molecule has 6 nitrogen and oxygen atoms in total. The lowest BCUT2D eigenvalue weighted by Crippen LogP contribution is -2.21. The van der Waals surface area contributed by atoms with Crippen molar-refractivity contribution in [3.05, 3.63) is 34.7 Å². The minimum Gasteiger partial charge on any atom is -0.497 e. The Morgan fingerprint density at radius 1 is 1.50 bits per heavy atom. The summed E-state index contributed by atoms with van der Waals surface area (Å²) in [4.78, 5) is 26.3. The Hall–Kier alpha value is -2.37. The van der Waals surface area contributed by atoms with E-state index in [0.29, 0.717) is 16.8 Å². The maximum absolute atomic E-state index is 11.7. The van der Waals surface area contributed by atoms with E-state index in [2.05, 4.69) is 4.98 Å². The number of hydrogen-bond acceptors (Lipinski definition) is 4. The summed E-state index contributed by atoms with van der Waals surface area (Å²) in [5, 5.41) is 8.68. The van der Waals surface area contributed by atoms with Gasteiger partial charge in [0.05, 0.1) is 30.8 Å². The lowest BCUT2D eigenvalue weighted by atomic mass is 10.2. The monoisotopic (exact) mass is 248 g/mol. The SMILES string of the molecule is COc1ccc2ncc(=O)n(CCC(=O)O)c2c1. The summed E-state index contributed by atoms with van der Waals surface area (Å²) in [6, 6.07) is 5.14. The molecule has 0 bridgehead atoms. The second-order valence-corrected chi connectivity index (χ2v) is 3.75. The summed E-state index contributed by atoms with van der Waals surface area (Å²) in [6.45, 7) is 0.111. The smallest absolute Gasteiger partial charge is 0.305 e. The van der Waals surface area contributed by atoms with E-state index < -0.39 is 5.97 Å². The number of carboxylic acids is 1. The highest BCUT2D eigenvalue weighted by Crippen LogP contribution is 2.17. The Labute approximate surface area is 102 Å². The molecule has 0 spiro atoms. The molecule has 2 rings (SSSR count). The number of hydrogen-bond donors (Lipinski definition) is 1. The van der Waals surface area contributed by atoms with Gasteiger partial charge in [-0.2, -0.15) is 0 Å². The Bertz CT molecular complexity index is 648. The van der Waals surface area contributed by atoms with Gasteiger partial charge in [0.15, 0.2) is 0 Å². The van der Waals surface area contributed by atoms with Gasteiger partial charge in [-0.05, 0) is 12.1 Å². The highest BCUT2D eigenvalue weighted by Gasteiger charge is 2.07. The van der Waals surface area contributed by atoms with Crippen LogP contribution in [0.15, 0.2) is 29.2 Å². The van der Waals surface area contributed by atoms with Crippen molar-refractivity contribution in [1.82, 2.24) is 9.55 Å². The van der Waals surface area contributed by atoms with E-state index in [9.17, 15) is 9.59 Å². The van der Waals surface area contributed by atoms with Crippen LogP contribution in [0.25, 0.3) is 11.0 Å². The number of methoxy groups -OCH3 is 1. The van der Waals surface area contributed by atoms with Gasteiger partial charge in [0.25, 0.3) is 5.56 Å². The van der Waals surface area contributed by atoms with Crippen LogP contribution in [0.1, 0.15) is 6.42 Å². The van der Waals surface area contributed by atoms with Crippen LogP contribution in [-0.2, 0) is 11.3 Å². The van der Waals surface area contributed by atoms with E-state index in [1.54, 1.807) is 18.2 Å². The number of aromatic nitrogens is 2. The van der Waals surface area contributed by atoms with Gasteiger partial charge in [0, 0.05) is 12.6 Å². The number of nitrogens with zero attached hydrogens (tertiary/aromatic N) is 2. The van der Waals surface area contributed by atoms with Gasteiger partial charge < -0.3 is 14.4 Å². The average molecular weight is 248 g/mol. The number of benzene rings is 1. The van der Waals surface area contributed by atoms with E-state index in [0.717, 1.165) is 0 Å². The number of carboxylic acid groups (broad SMARTS) is 1. The molecule has 0 unspecified atom stereocenters. The minimum atomic E-state index is -0.949. The first-order valence-electron chi connectivity index (χ1n) is 5.37. The molecule has 0 fully saturated rings. The lowest BCUT2D eigenvalue weighted by molar-refractivity contribution is -0.137. The van der Waals surface area contributed by atoms with Crippen LogP contribution < -0.4 is 10.3 Å². The van der Waals surface area contributed by atoms with Gasteiger partial charge in [-0.15, -0.1) is 0 Å². The molecule has 0 radical (unpaired) electrons. The van der Waals surface area contributed by atoms with E-state index in [4.69, 9.17) is 9.84 Å². The fourth-order valence-corrected chi connectivity index (χ4v) is 1.71. The van der Waals surface area contributed by atoms with Crippen LogP contribution >= 0.6 is 0 Å². The van der Waals surface area contributed by atoms with Crippen molar-refractivity contribution in [1.29, 1.82) is 0 Å². The molecular weight excluding hydrogens is 236 g/mol. The first kappa shape index (κ1) is 12.1. The van der Waals surface area contributed by atoms with Crippen LogP contribution in [0.2, 0.25) is 0 Å². The molecule has 1 heterocycles. The Morgan fingerprint density at radius 2 is 2.28 bits per heavy atom. The number of aryl methyl sites for hydroxylation is 1. The van der Waals surface area contributed by atoms with Crippen molar-refractivity contribution in [3.8, 4) is 5.75 Å². The van der Waals surface area contributed by atoms with Gasteiger partial charge in [-0.25, -0.2) is 4.98 Å². The van der Waals surface area contributed by atoms with Crippen LogP contribution in [0.3, 0.4) is 0 Å². The van der Waals surface area contributed by atoms with Crippen LogP contribution in [-0.4, -0.2) is 27.7 Å². The normalized spacial score (nSPS) is 10.5. The van der Waals surface area contributed by atoms with Crippen LogP contribution in [0, 0.1) is 0 Å². The summed E-state index contributed by atoms with van der Waals surface area (Å²) in [5.74, 6) is -0.353. The molecule has 18 heavy (non-hydrogen) atoms. The predicted molar refractivity (Wildman–Crippen MR) is 64.8 cm³/mol. The Morgan fingerprint density at radius 3 is 2.94 bits per heavy atom. The van der Waals surface area contributed by atoms with Crippen LogP contribution in [0.5, 0.6) is 5.75 Å². The third-order valence-corrected chi connectivity index (χ3v) is 2.60. The first-order valence-corrected chi connectivity index (χ1v) is 5.37. The number of aliphatic carboxylic acids is 1. The van der Waals surface area contributed by atoms with Crippen molar-refractivity contribution < 1.29 is 14.6 Å². The zero-order valence-corrected chi connectivity index (χ0v) is 9.79. The van der Waals surface area contributed by atoms with E-state index in [1.807, 2.05) is 0 Å². The fraction of sp³-hybridized carbons (Fsp3) is 0.250. The van der Waals surface area contributed by atoms with Crippen molar-refractivity contribution in [2.24, 2.45) is 0 Å². The highest BCUT2D eigenvalue weighted by molar-refractivity contribution is 5.76. The first-order chi connectivity index (χ1) is 8.61. The van der Waals surface area contributed by atoms with Crippen LogP contribution in [0.4, 0.5) is 0 Å². The summed E-state index contributed by atoms with van der Waals surface area (Å²) < 4.78 is 6.47. The second kappa shape index (κ2) is 4.87. The van der Waals surface area contributed by atoms with Crippen molar-refractivity contribution in [2.75, 3.05) is 7.11 Å². The number of fused-ring (bicyclic) bond motifs is 1. The molecule has 0 aliphatic rings. The van der Waals surface area contributed by atoms with E-state index >= 15 is 0 Å². The van der Waals surface area contributed by atoms with Gasteiger partial charge in [-0.3, -0.25) is 9.59 Å². The molecule has 94 valence electrons. The molecule has 0 atom stereocenters. The zero-order chi connectivity index (χ0) is 13.1. The van der Waals surface area contributed by atoms with Crippen molar-refractivity contribution in [3.63, 3.8) is 0 Å². The Balaban J connectivity index is 2.56. The quantitative estimate of drug-likeness (QED) is 0.868. The van der Waals surface area contributed by atoms with Gasteiger partial charge >= 0.3 is 5.97 Å². The zero-order valence-electron chi connectivity index (χ0n) is 9.79. The fourth-order valence-electron chi connectivity index (χ4n) is 1.71. The van der Waals surface area contributed by atoms with Crippen molar-refractivity contribution >= 4 is 17.0 Å². The summed E-state index contributed by atoms with van der Waals surface area (Å²) >= 11 is 0. The average Bonchev–Trinajstić information content (AvgIpc) is 2.36. The maximum atomic E-state index is 11.7. The van der Waals surface area contributed by atoms with Gasteiger partial charge in [-0.1, -0.05) is 0 Å². The third kappa shape index (κ3) is 2.32. The number of rotatable bonds is 4. The van der Waals surface area contributed by atoms with Gasteiger partial charge in [0.2, 0.25) is 0 Å².